The average molecular weight is 407 g/mol. The number of benzene rings is 2. The van der Waals surface area contributed by atoms with Gasteiger partial charge in [0.1, 0.15) is 12.0 Å². The molecule has 152 valence electrons. The molecule has 5 rings (SSSR count). The third-order valence-corrected chi connectivity index (χ3v) is 5.13. The number of nitrogens with two attached hydrogens (primary N) is 1. The molecular weight excluding hydrogens is 386 g/mol. The standard InChI is InChI=1S/C24H21N7/c1-14-9-11-16-18(28-14)5-3-7-20(16)30-23-22(25)24(27-13-26-23)31-21-8-4-6-19-17(21)12-10-15(2)29-19/h3-13H,25H2,1-2H3,(H2,26,27,30,31). The summed E-state index contributed by atoms with van der Waals surface area (Å²) in [6, 6.07) is 19.9. The molecule has 0 amide bonds. The van der Waals surface area contributed by atoms with E-state index < -0.39 is 0 Å². The van der Waals surface area contributed by atoms with Crippen LogP contribution in [0.2, 0.25) is 0 Å². The summed E-state index contributed by atoms with van der Waals surface area (Å²) in [5.74, 6) is 1.06. The van der Waals surface area contributed by atoms with Gasteiger partial charge >= 0.3 is 0 Å². The number of hydrogen-bond donors (Lipinski definition) is 3. The van der Waals surface area contributed by atoms with Gasteiger partial charge in [-0.3, -0.25) is 9.97 Å². The summed E-state index contributed by atoms with van der Waals surface area (Å²) >= 11 is 0. The van der Waals surface area contributed by atoms with Crippen LogP contribution in [0.4, 0.5) is 28.7 Å². The van der Waals surface area contributed by atoms with Crippen molar-refractivity contribution in [1.82, 2.24) is 19.9 Å². The van der Waals surface area contributed by atoms with Crippen molar-refractivity contribution in [3.63, 3.8) is 0 Å². The van der Waals surface area contributed by atoms with Gasteiger partial charge in [0.2, 0.25) is 0 Å². The molecule has 0 aliphatic carbocycles. The summed E-state index contributed by atoms with van der Waals surface area (Å²) in [6.45, 7) is 3.95. The molecule has 31 heavy (non-hydrogen) atoms. The zero-order chi connectivity index (χ0) is 21.4. The lowest BCUT2D eigenvalue weighted by Crippen LogP contribution is -2.05. The van der Waals surface area contributed by atoms with Gasteiger partial charge < -0.3 is 16.4 Å². The molecule has 0 saturated heterocycles. The molecule has 0 radical (unpaired) electrons. The molecule has 0 fully saturated rings. The van der Waals surface area contributed by atoms with Crippen LogP contribution >= 0.6 is 0 Å². The van der Waals surface area contributed by atoms with Crippen LogP contribution in [-0.2, 0) is 0 Å². The fraction of sp³-hybridized carbons (Fsp3) is 0.0833. The van der Waals surface area contributed by atoms with Gasteiger partial charge in [0, 0.05) is 33.5 Å². The Morgan fingerprint density at radius 2 is 1.13 bits per heavy atom. The monoisotopic (exact) mass is 407 g/mol. The first-order valence-corrected chi connectivity index (χ1v) is 9.96. The topological polar surface area (TPSA) is 102 Å². The molecule has 3 aromatic heterocycles. The van der Waals surface area contributed by atoms with Crippen LogP contribution < -0.4 is 16.4 Å². The van der Waals surface area contributed by atoms with Crippen LogP contribution in [-0.4, -0.2) is 19.9 Å². The Morgan fingerprint density at radius 3 is 1.61 bits per heavy atom. The zero-order valence-electron chi connectivity index (χ0n) is 17.2. The quantitative estimate of drug-likeness (QED) is 0.373. The fourth-order valence-electron chi connectivity index (χ4n) is 3.58. The lowest BCUT2D eigenvalue weighted by molar-refractivity contribution is 1.17. The van der Waals surface area contributed by atoms with E-state index in [2.05, 4.69) is 30.6 Å². The number of nitrogen functional groups attached to an aromatic ring is 1. The molecule has 2 aromatic carbocycles. The van der Waals surface area contributed by atoms with Gasteiger partial charge in [-0.2, -0.15) is 0 Å². The van der Waals surface area contributed by atoms with E-state index in [1.165, 1.54) is 6.33 Å². The Morgan fingerprint density at radius 1 is 0.645 bits per heavy atom. The zero-order valence-corrected chi connectivity index (χ0v) is 17.2. The highest BCUT2D eigenvalue weighted by Crippen LogP contribution is 2.32. The maximum atomic E-state index is 6.43. The normalized spacial score (nSPS) is 11.0. The van der Waals surface area contributed by atoms with Gasteiger partial charge in [-0.25, -0.2) is 9.97 Å². The molecule has 0 spiro atoms. The molecule has 7 nitrogen and oxygen atoms in total. The third-order valence-electron chi connectivity index (χ3n) is 5.13. The average Bonchev–Trinajstić information content (AvgIpc) is 2.76. The SMILES string of the molecule is Cc1ccc2c(Nc3ncnc(Nc4cccc5nc(C)ccc45)c3N)cccc2n1. The molecule has 0 saturated carbocycles. The number of nitrogens with zero attached hydrogens (tertiary/aromatic N) is 4. The van der Waals surface area contributed by atoms with Crippen molar-refractivity contribution in [2.24, 2.45) is 0 Å². The summed E-state index contributed by atoms with van der Waals surface area (Å²) < 4.78 is 0. The minimum absolute atomic E-state index is 0.427. The highest BCUT2D eigenvalue weighted by atomic mass is 15.1. The van der Waals surface area contributed by atoms with E-state index in [0.717, 1.165) is 44.6 Å². The second-order valence-corrected chi connectivity index (χ2v) is 7.38. The van der Waals surface area contributed by atoms with Gasteiger partial charge in [0.25, 0.3) is 0 Å². The number of rotatable bonds is 4. The van der Waals surface area contributed by atoms with E-state index in [4.69, 9.17) is 5.73 Å². The lowest BCUT2D eigenvalue weighted by Gasteiger charge is -2.15. The number of pyridine rings is 2. The summed E-state index contributed by atoms with van der Waals surface area (Å²) in [5.41, 5.74) is 12.4. The van der Waals surface area contributed by atoms with Crippen LogP contribution in [0.5, 0.6) is 0 Å². The van der Waals surface area contributed by atoms with Gasteiger partial charge in [0.15, 0.2) is 11.6 Å². The van der Waals surface area contributed by atoms with Crippen molar-refractivity contribution in [2.75, 3.05) is 16.4 Å². The number of nitrogens with one attached hydrogen (secondary N) is 2. The first-order valence-electron chi connectivity index (χ1n) is 9.96. The van der Waals surface area contributed by atoms with Crippen molar-refractivity contribution in [1.29, 1.82) is 0 Å². The molecular formula is C24H21N7. The van der Waals surface area contributed by atoms with E-state index in [0.29, 0.717) is 17.3 Å². The maximum absolute atomic E-state index is 6.43. The number of hydrogen-bond acceptors (Lipinski definition) is 7. The fourth-order valence-corrected chi connectivity index (χ4v) is 3.58. The van der Waals surface area contributed by atoms with Crippen molar-refractivity contribution in [2.45, 2.75) is 13.8 Å². The maximum Gasteiger partial charge on any atom is 0.159 e. The Balaban J connectivity index is 1.51. The smallest absolute Gasteiger partial charge is 0.159 e. The number of anilines is 5. The number of aryl methyl sites for hydroxylation is 2. The van der Waals surface area contributed by atoms with E-state index in [1.807, 2.05) is 74.5 Å². The third kappa shape index (κ3) is 3.57. The Kier molecular flexibility index (Phi) is 4.55. The summed E-state index contributed by atoms with van der Waals surface area (Å²) in [4.78, 5) is 17.9. The molecule has 7 heteroatoms. The van der Waals surface area contributed by atoms with Gasteiger partial charge in [-0.05, 0) is 62.4 Å². The van der Waals surface area contributed by atoms with Crippen LogP contribution in [0, 0.1) is 13.8 Å². The highest BCUT2D eigenvalue weighted by molar-refractivity contribution is 5.96. The van der Waals surface area contributed by atoms with Crippen molar-refractivity contribution >= 4 is 50.5 Å². The Hall–Kier alpha value is -4.26. The minimum atomic E-state index is 0.427. The highest BCUT2D eigenvalue weighted by Gasteiger charge is 2.12. The van der Waals surface area contributed by atoms with Crippen molar-refractivity contribution in [3.05, 3.63) is 78.4 Å². The van der Waals surface area contributed by atoms with E-state index in [1.54, 1.807) is 0 Å². The molecule has 5 aromatic rings. The van der Waals surface area contributed by atoms with E-state index in [9.17, 15) is 0 Å². The molecule has 0 bridgehead atoms. The molecule has 4 N–H and O–H groups in total. The lowest BCUT2D eigenvalue weighted by atomic mass is 10.1. The first kappa shape index (κ1) is 18.7. The van der Waals surface area contributed by atoms with Crippen LogP contribution in [0.3, 0.4) is 0 Å². The molecule has 3 heterocycles. The summed E-state index contributed by atoms with van der Waals surface area (Å²) in [7, 11) is 0. The molecule has 0 aliphatic rings. The van der Waals surface area contributed by atoms with Crippen LogP contribution in [0.25, 0.3) is 21.8 Å². The van der Waals surface area contributed by atoms with E-state index in [-0.39, 0.29) is 0 Å². The van der Waals surface area contributed by atoms with Crippen molar-refractivity contribution < 1.29 is 0 Å². The number of fused-ring (bicyclic) bond motifs is 2. The minimum Gasteiger partial charge on any atom is -0.393 e. The second kappa shape index (κ2) is 7.53. The molecule has 0 atom stereocenters. The molecule has 0 aliphatic heterocycles. The Labute approximate surface area is 179 Å². The predicted octanol–water partition coefficient (Wildman–Crippen LogP) is 5.26. The molecule has 0 unspecified atom stereocenters. The van der Waals surface area contributed by atoms with Crippen LogP contribution in [0.15, 0.2) is 67.0 Å². The number of aromatic nitrogens is 4. The largest absolute Gasteiger partial charge is 0.393 e. The first-order chi connectivity index (χ1) is 15.1. The van der Waals surface area contributed by atoms with Crippen LogP contribution in [0.1, 0.15) is 11.4 Å². The second-order valence-electron chi connectivity index (χ2n) is 7.38. The summed E-state index contributed by atoms with van der Waals surface area (Å²) in [6.07, 6.45) is 1.49. The predicted molar refractivity (Wildman–Crippen MR) is 126 cm³/mol. The van der Waals surface area contributed by atoms with E-state index >= 15 is 0 Å². The van der Waals surface area contributed by atoms with Gasteiger partial charge in [0.05, 0.1) is 11.0 Å². The summed E-state index contributed by atoms with van der Waals surface area (Å²) in [5, 5.41) is 8.67. The van der Waals surface area contributed by atoms with Gasteiger partial charge in [-0.1, -0.05) is 12.1 Å². The Bertz CT molecular complexity index is 1320. The van der Waals surface area contributed by atoms with Crippen molar-refractivity contribution in [3.8, 4) is 0 Å². The van der Waals surface area contributed by atoms with Gasteiger partial charge in [-0.15, -0.1) is 0 Å².